The van der Waals surface area contributed by atoms with E-state index < -0.39 is 0 Å². The van der Waals surface area contributed by atoms with Gasteiger partial charge in [0.15, 0.2) is 0 Å². The van der Waals surface area contributed by atoms with E-state index in [1.54, 1.807) is 10.6 Å². The van der Waals surface area contributed by atoms with Gasteiger partial charge in [-0.2, -0.15) is 0 Å². The topological polar surface area (TPSA) is 34.9 Å². The molecule has 2 aromatic rings. The minimum Gasteiger partial charge on any atom is -0.292 e. The van der Waals surface area contributed by atoms with E-state index in [1.165, 1.54) is 18.2 Å². The van der Waals surface area contributed by atoms with Crippen LogP contribution < -0.4 is 5.56 Å². The first-order valence-corrected chi connectivity index (χ1v) is 6.78. The van der Waals surface area contributed by atoms with Gasteiger partial charge in [0, 0.05) is 12.0 Å². The smallest absolute Gasteiger partial charge is 0.255 e. The third-order valence-corrected chi connectivity index (χ3v) is 3.35. The predicted octanol–water partition coefficient (Wildman–Crippen LogP) is 3.52. The molecule has 0 radical (unpaired) electrons. The van der Waals surface area contributed by atoms with E-state index >= 15 is 0 Å². The first-order chi connectivity index (χ1) is 9.38. The number of benzene rings is 1. The van der Waals surface area contributed by atoms with E-state index in [0.717, 1.165) is 11.1 Å². The summed E-state index contributed by atoms with van der Waals surface area (Å²) in [5.41, 5.74) is 1.50. The number of halogens is 2. The van der Waals surface area contributed by atoms with Crippen molar-refractivity contribution in [2.75, 3.05) is 0 Å². The van der Waals surface area contributed by atoms with Crippen LogP contribution in [0.5, 0.6) is 0 Å². The van der Waals surface area contributed by atoms with Gasteiger partial charge in [0.2, 0.25) is 0 Å². The highest BCUT2D eigenvalue weighted by Crippen LogP contribution is 2.16. The van der Waals surface area contributed by atoms with Crippen molar-refractivity contribution in [1.29, 1.82) is 0 Å². The van der Waals surface area contributed by atoms with Crippen molar-refractivity contribution in [3.63, 3.8) is 0 Å². The Morgan fingerprint density at radius 2 is 2.05 bits per heavy atom. The number of hydrogen-bond acceptors (Lipinski definition) is 2. The second kappa shape index (κ2) is 5.75. The summed E-state index contributed by atoms with van der Waals surface area (Å²) in [6, 6.07) is 5.84. The van der Waals surface area contributed by atoms with E-state index in [0.29, 0.717) is 12.4 Å². The largest absolute Gasteiger partial charge is 0.292 e. The quantitative estimate of drug-likeness (QED) is 0.812. The monoisotopic (exact) mass is 294 g/mol. The van der Waals surface area contributed by atoms with Gasteiger partial charge in [-0.15, -0.1) is 0 Å². The highest BCUT2D eigenvalue weighted by molar-refractivity contribution is 6.29. The van der Waals surface area contributed by atoms with E-state index in [4.69, 9.17) is 11.6 Å². The molecular weight excluding hydrogens is 279 g/mol. The third kappa shape index (κ3) is 3.07. The molecule has 0 spiro atoms. The molecule has 106 valence electrons. The molecule has 0 fully saturated rings. The summed E-state index contributed by atoms with van der Waals surface area (Å²) >= 11 is 5.85. The van der Waals surface area contributed by atoms with Crippen molar-refractivity contribution in [1.82, 2.24) is 9.55 Å². The molecule has 2 rings (SSSR count). The molecule has 3 nitrogen and oxygen atoms in total. The van der Waals surface area contributed by atoms with E-state index in [9.17, 15) is 9.18 Å². The van der Waals surface area contributed by atoms with Crippen LogP contribution in [0.25, 0.3) is 0 Å². The number of aromatic nitrogens is 2. The summed E-state index contributed by atoms with van der Waals surface area (Å²) in [6.07, 6.45) is 0. The Balaban J connectivity index is 2.50. The number of aryl methyl sites for hydroxylation is 1. The molecule has 0 bridgehead atoms. The SMILES string of the molecule is Cc1cc(F)ccc1Cn1c(C(C)C)nc(Cl)cc1=O. The number of rotatable bonds is 3. The van der Waals surface area contributed by atoms with Gasteiger partial charge >= 0.3 is 0 Å². The van der Waals surface area contributed by atoms with Crippen molar-refractivity contribution < 1.29 is 4.39 Å². The van der Waals surface area contributed by atoms with E-state index in [2.05, 4.69) is 4.98 Å². The minimum absolute atomic E-state index is 0.0714. The molecule has 5 heteroatoms. The van der Waals surface area contributed by atoms with Crippen molar-refractivity contribution in [3.05, 3.63) is 62.5 Å². The highest BCUT2D eigenvalue weighted by Gasteiger charge is 2.12. The molecule has 0 atom stereocenters. The van der Waals surface area contributed by atoms with Crippen LogP contribution in [0.3, 0.4) is 0 Å². The lowest BCUT2D eigenvalue weighted by molar-refractivity contribution is 0.612. The molecule has 1 aromatic carbocycles. The zero-order valence-corrected chi connectivity index (χ0v) is 12.4. The van der Waals surface area contributed by atoms with Crippen LogP contribution in [0.1, 0.15) is 36.7 Å². The van der Waals surface area contributed by atoms with E-state index in [1.807, 2.05) is 20.8 Å². The van der Waals surface area contributed by atoms with E-state index in [-0.39, 0.29) is 22.4 Å². The molecule has 0 aliphatic rings. The van der Waals surface area contributed by atoms with Crippen molar-refractivity contribution >= 4 is 11.6 Å². The fourth-order valence-electron chi connectivity index (χ4n) is 2.10. The maximum atomic E-state index is 13.1. The zero-order valence-electron chi connectivity index (χ0n) is 11.7. The van der Waals surface area contributed by atoms with Crippen LogP contribution in [0, 0.1) is 12.7 Å². The lowest BCUT2D eigenvalue weighted by atomic mass is 10.1. The first kappa shape index (κ1) is 14.7. The molecule has 20 heavy (non-hydrogen) atoms. The Bertz CT molecular complexity index is 695. The van der Waals surface area contributed by atoms with Crippen LogP contribution in [0.4, 0.5) is 4.39 Å². The number of nitrogens with zero attached hydrogens (tertiary/aromatic N) is 2. The Labute approximate surface area is 122 Å². The molecule has 1 heterocycles. The Morgan fingerprint density at radius 1 is 1.35 bits per heavy atom. The third-order valence-electron chi connectivity index (χ3n) is 3.16. The van der Waals surface area contributed by atoms with Crippen molar-refractivity contribution in [3.8, 4) is 0 Å². The Morgan fingerprint density at radius 3 is 2.65 bits per heavy atom. The standard InChI is InChI=1S/C15H16ClFN2O/c1-9(2)15-18-13(16)7-14(20)19(15)8-11-4-5-12(17)6-10(11)3/h4-7,9H,8H2,1-3H3. The Hall–Kier alpha value is -1.68. The summed E-state index contributed by atoms with van der Waals surface area (Å²) in [4.78, 5) is 16.3. The van der Waals surface area contributed by atoms with Gasteiger partial charge in [0.1, 0.15) is 16.8 Å². The summed E-state index contributed by atoms with van der Waals surface area (Å²) in [5.74, 6) is 0.422. The van der Waals surface area contributed by atoms with Crippen LogP contribution >= 0.6 is 11.6 Å². The second-order valence-corrected chi connectivity index (χ2v) is 5.47. The average Bonchev–Trinajstić information content (AvgIpc) is 2.34. The van der Waals surface area contributed by atoms with Crippen molar-refractivity contribution in [2.45, 2.75) is 33.2 Å². The summed E-state index contributed by atoms with van der Waals surface area (Å²) in [7, 11) is 0. The second-order valence-electron chi connectivity index (χ2n) is 5.09. The van der Waals surface area contributed by atoms with Crippen LogP contribution in [-0.2, 0) is 6.54 Å². The molecular formula is C15H16ClFN2O. The summed E-state index contributed by atoms with van der Waals surface area (Å²) in [6.45, 7) is 6.09. The normalized spacial score (nSPS) is 11.1. The molecule has 0 saturated heterocycles. The van der Waals surface area contributed by atoms with Gasteiger partial charge in [0.05, 0.1) is 6.54 Å². The van der Waals surface area contributed by atoms with Crippen molar-refractivity contribution in [2.24, 2.45) is 0 Å². The van der Waals surface area contributed by atoms with Gasteiger partial charge < -0.3 is 0 Å². The van der Waals surface area contributed by atoms with Gasteiger partial charge in [-0.05, 0) is 30.2 Å². The average molecular weight is 295 g/mol. The first-order valence-electron chi connectivity index (χ1n) is 6.41. The van der Waals surface area contributed by atoms with Gasteiger partial charge in [-0.3, -0.25) is 9.36 Å². The molecule has 1 aromatic heterocycles. The zero-order chi connectivity index (χ0) is 14.9. The van der Waals surface area contributed by atoms with Gasteiger partial charge in [0.25, 0.3) is 5.56 Å². The lowest BCUT2D eigenvalue weighted by Crippen LogP contribution is -2.26. The fourth-order valence-corrected chi connectivity index (χ4v) is 2.28. The van der Waals surface area contributed by atoms with Crippen LogP contribution in [0.15, 0.2) is 29.1 Å². The predicted molar refractivity (Wildman–Crippen MR) is 77.8 cm³/mol. The molecule has 0 amide bonds. The summed E-state index contributed by atoms with van der Waals surface area (Å²) in [5, 5.41) is 0.200. The summed E-state index contributed by atoms with van der Waals surface area (Å²) < 4.78 is 14.7. The maximum absolute atomic E-state index is 13.1. The molecule has 0 saturated carbocycles. The van der Waals surface area contributed by atoms with Gasteiger partial charge in [-0.1, -0.05) is 31.5 Å². The number of hydrogen-bond donors (Lipinski definition) is 0. The van der Waals surface area contributed by atoms with Gasteiger partial charge in [-0.25, -0.2) is 9.37 Å². The highest BCUT2D eigenvalue weighted by atomic mass is 35.5. The minimum atomic E-state index is -0.281. The molecule has 0 aliphatic carbocycles. The maximum Gasteiger partial charge on any atom is 0.255 e. The Kier molecular flexibility index (Phi) is 4.23. The molecule has 0 aliphatic heterocycles. The van der Waals surface area contributed by atoms with Crippen LogP contribution in [0.2, 0.25) is 5.15 Å². The molecule has 0 unspecified atom stereocenters. The lowest BCUT2D eigenvalue weighted by Gasteiger charge is -2.15. The molecule has 0 N–H and O–H groups in total. The fraction of sp³-hybridized carbons (Fsp3) is 0.333. The van der Waals surface area contributed by atoms with Crippen LogP contribution in [-0.4, -0.2) is 9.55 Å².